The van der Waals surface area contributed by atoms with Crippen LogP contribution in [0.25, 0.3) is 22.2 Å². The van der Waals surface area contributed by atoms with Gasteiger partial charge in [0.2, 0.25) is 9.84 Å². The molecule has 4 aromatic carbocycles. The summed E-state index contributed by atoms with van der Waals surface area (Å²) in [6.45, 7) is 0.213. The van der Waals surface area contributed by atoms with Crippen molar-refractivity contribution in [3.8, 4) is 17.0 Å². The van der Waals surface area contributed by atoms with Crippen LogP contribution >= 0.6 is 22.6 Å². The molecule has 4 nitrogen and oxygen atoms in total. The third-order valence-corrected chi connectivity index (χ3v) is 8.39. The van der Waals surface area contributed by atoms with Crippen molar-refractivity contribution in [1.29, 1.82) is 0 Å². The Morgan fingerprint density at radius 3 is 2.15 bits per heavy atom. The summed E-state index contributed by atoms with van der Waals surface area (Å²) in [6, 6.07) is 27.4. The predicted molar refractivity (Wildman–Crippen MR) is 139 cm³/mol. The van der Waals surface area contributed by atoms with E-state index in [-0.39, 0.29) is 22.2 Å². The van der Waals surface area contributed by atoms with Crippen LogP contribution in [0.4, 0.5) is 4.39 Å². The fraction of sp³-hybridized carbons (Fsp3) is 0.0370. The lowest BCUT2D eigenvalue weighted by Crippen LogP contribution is -2.06. The zero-order valence-corrected chi connectivity index (χ0v) is 20.8. The van der Waals surface area contributed by atoms with Crippen LogP contribution in [0.2, 0.25) is 0 Å². The number of aromatic amines is 1. The Labute approximate surface area is 210 Å². The number of ether oxygens (including phenoxy) is 1. The first-order valence-electron chi connectivity index (χ1n) is 10.5. The van der Waals surface area contributed by atoms with Gasteiger partial charge in [0, 0.05) is 0 Å². The monoisotopic (exact) mass is 583 g/mol. The van der Waals surface area contributed by atoms with Crippen molar-refractivity contribution in [2.24, 2.45) is 0 Å². The molecule has 1 aromatic heterocycles. The Morgan fingerprint density at radius 2 is 1.47 bits per heavy atom. The second-order valence-electron chi connectivity index (χ2n) is 7.73. The van der Waals surface area contributed by atoms with E-state index in [0.29, 0.717) is 11.1 Å². The van der Waals surface area contributed by atoms with E-state index < -0.39 is 9.84 Å². The molecule has 0 saturated carbocycles. The smallest absolute Gasteiger partial charge is 0.210 e. The summed E-state index contributed by atoms with van der Waals surface area (Å²) in [4.78, 5) is 3.65. The molecule has 0 bridgehead atoms. The molecule has 0 radical (unpaired) electrons. The maximum Gasteiger partial charge on any atom is 0.210 e. The van der Waals surface area contributed by atoms with Crippen molar-refractivity contribution >= 4 is 43.3 Å². The lowest BCUT2D eigenvalue weighted by atomic mass is 10.1. The van der Waals surface area contributed by atoms with Gasteiger partial charge in [-0.3, -0.25) is 0 Å². The number of hydrogen-bond acceptors (Lipinski definition) is 3. The molecule has 1 heterocycles. The topological polar surface area (TPSA) is 59.2 Å². The molecular formula is C27H19FINO3S. The van der Waals surface area contributed by atoms with Gasteiger partial charge in [-0.15, -0.1) is 0 Å². The van der Waals surface area contributed by atoms with Crippen LogP contribution in [0.1, 0.15) is 5.56 Å². The van der Waals surface area contributed by atoms with Crippen LogP contribution < -0.4 is 4.74 Å². The minimum absolute atomic E-state index is 0.102. The normalized spacial score (nSPS) is 11.6. The van der Waals surface area contributed by atoms with Gasteiger partial charge in [0.25, 0.3) is 0 Å². The molecular weight excluding hydrogens is 564 g/mol. The van der Waals surface area contributed by atoms with Gasteiger partial charge in [-0.2, -0.15) is 0 Å². The minimum Gasteiger partial charge on any atom is -0.487 e. The van der Waals surface area contributed by atoms with Crippen molar-refractivity contribution < 1.29 is 17.5 Å². The number of rotatable bonds is 6. The number of hydrogen-bond donors (Lipinski definition) is 1. The highest BCUT2D eigenvalue weighted by molar-refractivity contribution is 14.1. The number of H-pyrrole nitrogens is 1. The summed E-state index contributed by atoms with van der Waals surface area (Å²) in [5, 5.41) is 0.674. The zero-order chi connectivity index (χ0) is 23.7. The van der Waals surface area contributed by atoms with E-state index >= 15 is 0 Å². The summed E-state index contributed by atoms with van der Waals surface area (Å²) in [5.41, 5.74) is 3.23. The molecule has 0 amide bonds. The van der Waals surface area contributed by atoms with Gasteiger partial charge in [0.05, 0.1) is 25.1 Å². The van der Waals surface area contributed by atoms with E-state index in [2.05, 4.69) is 27.6 Å². The highest BCUT2D eigenvalue weighted by atomic mass is 127. The Balaban J connectivity index is 1.71. The van der Waals surface area contributed by atoms with Crippen molar-refractivity contribution in [1.82, 2.24) is 4.98 Å². The zero-order valence-electron chi connectivity index (χ0n) is 17.8. The van der Waals surface area contributed by atoms with E-state index in [1.165, 1.54) is 12.1 Å². The minimum atomic E-state index is -3.84. The Kier molecular flexibility index (Phi) is 6.14. The first-order chi connectivity index (χ1) is 16.4. The van der Waals surface area contributed by atoms with E-state index in [4.69, 9.17) is 4.74 Å². The second-order valence-corrected chi connectivity index (χ2v) is 10.7. The first-order valence-corrected chi connectivity index (χ1v) is 13.1. The van der Waals surface area contributed by atoms with Crippen molar-refractivity contribution in [3.05, 3.63) is 112 Å². The number of sulfone groups is 1. The predicted octanol–water partition coefficient (Wildman–Crippen LogP) is 6.99. The molecule has 1 N–H and O–H groups in total. The molecule has 5 rings (SSSR count). The lowest BCUT2D eigenvalue weighted by Gasteiger charge is -2.14. The van der Waals surface area contributed by atoms with Crippen LogP contribution in [0.15, 0.2) is 107 Å². The number of fused-ring (bicyclic) bond motifs is 1. The fourth-order valence-corrected chi connectivity index (χ4v) is 6.23. The van der Waals surface area contributed by atoms with Crippen LogP contribution in [-0.2, 0) is 16.4 Å². The molecule has 0 fully saturated rings. The van der Waals surface area contributed by atoms with E-state index in [1.807, 2.05) is 30.3 Å². The van der Waals surface area contributed by atoms with Crippen molar-refractivity contribution in [2.75, 3.05) is 0 Å². The maximum absolute atomic E-state index is 13.6. The van der Waals surface area contributed by atoms with Crippen molar-refractivity contribution in [3.63, 3.8) is 0 Å². The summed E-state index contributed by atoms with van der Waals surface area (Å²) < 4.78 is 47.7. The number of benzene rings is 4. The summed E-state index contributed by atoms with van der Waals surface area (Å²) in [6.07, 6.45) is 0. The van der Waals surface area contributed by atoms with Gasteiger partial charge in [-0.1, -0.05) is 48.5 Å². The molecule has 5 aromatic rings. The second kappa shape index (κ2) is 9.23. The van der Waals surface area contributed by atoms with E-state index in [0.717, 1.165) is 25.9 Å². The first kappa shape index (κ1) is 22.6. The van der Waals surface area contributed by atoms with Crippen LogP contribution in [0, 0.1) is 9.39 Å². The average molecular weight is 583 g/mol. The van der Waals surface area contributed by atoms with Crippen LogP contribution in [0.5, 0.6) is 5.75 Å². The SMILES string of the molecule is O=S(=O)(c1ccccc1)c1ccc2[nH]c(-c3ccc(F)cc3)c(I)c2c1OCc1ccccc1. The Bertz CT molecular complexity index is 1570. The average Bonchev–Trinajstić information content (AvgIpc) is 3.20. The number of aromatic nitrogens is 1. The molecule has 170 valence electrons. The van der Waals surface area contributed by atoms with E-state index in [9.17, 15) is 12.8 Å². The van der Waals surface area contributed by atoms with Crippen molar-refractivity contribution in [2.45, 2.75) is 16.4 Å². The van der Waals surface area contributed by atoms with Crippen LogP contribution in [0.3, 0.4) is 0 Å². The molecule has 7 heteroatoms. The quantitative estimate of drug-likeness (QED) is 0.219. The molecule has 0 aliphatic rings. The van der Waals surface area contributed by atoms with Gasteiger partial charge in [0.1, 0.15) is 23.1 Å². The largest absolute Gasteiger partial charge is 0.487 e. The molecule has 0 atom stereocenters. The van der Waals surface area contributed by atoms with Crippen LogP contribution in [-0.4, -0.2) is 13.4 Å². The molecule has 0 aliphatic carbocycles. The summed E-state index contributed by atoms with van der Waals surface area (Å²) in [7, 11) is -3.84. The molecule has 0 saturated heterocycles. The van der Waals surface area contributed by atoms with Gasteiger partial charge in [-0.05, 0) is 82.2 Å². The van der Waals surface area contributed by atoms with Gasteiger partial charge in [0.15, 0.2) is 0 Å². The summed E-state index contributed by atoms with van der Waals surface area (Å²) >= 11 is 2.19. The molecule has 34 heavy (non-hydrogen) atoms. The number of halogens is 2. The third-order valence-electron chi connectivity index (χ3n) is 5.52. The number of nitrogens with one attached hydrogen (secondary N) is 1. The fourth-order valence-electron chi connectivity index (χ4n) is 3.83. The molecule has 0 aliphatic heterocycles. The Morgan fingerprint density at radius 1 is 0.824 bits per heavy atom. The van der Waals surface area contributed by atoms with Gasteiger partial charge >= 0.3 is 0 Å². The molecule has 0 spiro atoms. The third kappa shape index (κ3) is 4.21. The Hall–Kier alpha value is -3.17. The van der Waals surface area contributed by atoms with E-state index in [1.54, 1.807) is 54.6 Å². The van der Waals surface area contributed by atoms with Gasteiger partial charge in [-0.25, -0.2) is 12.8 Å². The highest BCUT2D eigenvalue weighted by Crippen LogP contribution is 2.42. The standard InChI is InChI=1S/C27H19FINO3S/c28-20-13-11-19(12-14-20)26-25(29)24-22(30-26)15-16-23(34(31,32)21-9-5-2-6-10-21)27(24)33-17-18-7-3-1-4-8-18/h1-16,30H,17H2. The molecule has 0 unspecified atom stereocenters. The highest BCUT2D eigenvalue weighted by Gasteiger charge is 2.27. The van der Waals surface area contributed by atoms with Gasteiger partial charge < -0.3 is 9.72 Å². The summed E-state index contributed by atoms with van der Waals surface area (Å²) in [5.74, 6) is -0.0304. The lowest BCUT2D eigenvalue weighted by molar-refractivity contribution is 0.302. The maximum atomic E-state index is 13.6.